The number of carbonyl (C=O) groups is 4. The number of benzene rings is 1. The minimum Gasteiger partial charge on any atom is -0.445 e. The summed E-state index contributed by atoms with van der Waals surface area (Å²) in [5.74, 6) is -1.02. The maximum absolute atomic E-state index is 13.0. The van der Waals surface area contributed by atoms with Crippen LogP contribution in [0.5, 0.6) is 0 Å². The number of nitrogens with one attached hydrogen (secondary N) is 3. The Labute approximate surface area is 197 Å². The van der Waals surface area contributed by atoms with Crippen molar-refractivity contribution in [3.63, 3.8) is 0 Å². The van der Waals surface area contributed by atoms with E-state index in [1.54, 1.807) is 13.8 Å². The number of hydrogen-bond acceptors (Lipinski definition) is 5. The van der Waals surface area contributed by atoms with Crippen LogP contribution in [0.3, 0.4) is 0 Å². The number of ether oxygens (including phenoxy) is 1. The zero-order chi connectivity index (χ0) is 25.0. The van der Waals surface area contributed by atoms with Crippen molar-refractivity contribution in [2.45, 2.75) is 79.1 Å². The lowest BCUT2D eigenvalue weighted by molar-refractivity contribution is -0.132. The van der Waals surface area contributed by atoms with Crippen LogP contribution in [-0.2, 0) is 25.7 Å². The molecule has 1 unspecified atom stereocenters. The predicted molar refractivity (Wildman–Crippen MR) is 127 cm³/mol. The first-order valence-electron chi connectivity index (χ1n) is 11.6. The number of hydrogen-bond donors (Lipinski definition) is 3. The number of aldehydes is 1. The molecular weight excluding hydrogens is 422 g/mol. The summed E-state index contributed by atoms with van der Waals surface area (Å²) in [7, 11) is 0. The lowest BCUT2D eigenvalue weighted by Gasteiger charge is -2.27. The maximum Gasteiger partial charge on any atom is 0.408 e. The quantitative estimate of drug-likeness (QED) is 0.391. The lowest BCUT2D eigenvalue weighted by Crippen LogP contribution is -2.57. The third-order valence-corrected chi connectivity index (χ3v) is 5.49. The zero-order valence-electron chi connectivity index (χ0n) is 20.6. The Hall–Kier alpha value is -2.90. The highest BCUT2D eigenvalue weighted by Crippen LogP contribution is 2.11. The summed E-state index contributed by atoms with van der Waals surface area (Å²) in [5, 5.41) is 8.10. The molecule has 3 amide bonds. The average Bonchev–Trinajstić information content (AvgIpc) is 2.78. The van der Waals surface area contributed by atoms with E-state index in [-0.39, 0.29) is 24.4 Å². The number of carbonyl (C=O) groups excluding carboxylic acids is 4. The van der Waals surface area contributed by atoms with Gasteiger partial charge in [-0.15, -0.1) is 0 Å². The molecule has 0 saturated heterocycles. The summed E-state index contributed by atoms with van der Waals surface area (Å²) in [6.45, 7) is 11.4. The molecule has 33 heavy (non-hydrogen) atoms. The summed E-state index contributed by atoms with van der Waals surface area (Å²) >= 11 is 0. The second-order valence-corrected chi connectivity index (χ2v) is 9.17. The minimum absolute atomic E-state index is 0.0219. The van der Waals surface area contributed by atoms with Crippen LogP contribution in [0.4, 0.5) is 4.79 Å². The average molecular weight is 462 g/mol. The van der Waals surface area contributed by atoms with Crippen molar-refractivity contribution >= 4 is 24.2 Å². The Morgan fingerprint density at radius 1 is 0.939 bits per heavy atom. The molecular formula is C25H39N3O5. The maximum atomic E-state index is 13.0. The third-order valence-electron chi connectivity index (χ3n) is 5.49. The summed E-state index contributed by atoms with van der Waals surface area (Å²) < 4.78 is 5.23. The molecule has 184 valence electrons. The summed E-state index contributed by atoms with van der Waals surface area (Å²) in [6.07, 6.45) is 1.14. The predicted octanol–water partition coefficient (Wildman–Crippen LogP) is 3.20. The smallest absolute Gasteiger partial charge is 0.408 e. The molecule has 0 aliphatic carbocycles. The van der Waals surface area contributed by atoms with Crippen LogP contribution < -0.4 is 16.0 Å². The number of amides is 3. The van der Waals surface area contributed by atoms with Crippen LogP contribution in [0, 0.1) is 17.8 Å². The summed E-state index contributed by atoms with van der Waals surface area (Å²) in [5.41, 5.74) is 0.831. The van der Waals surface area contributed by atoms with Crippen molar-refractivity contribution in [2.75, 3.05) is 0 Å². The van der Waals surface area contributed by atoms with E-state index in [0.29, 0.717) is 6.42 Å². The molecule has 0 aliphatic heterocycles. The Balaban J connectivity index is 2.82. The van der Waals surface area contributed by atoms with Gasteiger partial charge in [-0.3, -0.25) is 9.59 Å². The topological polar surface area (TPSA) is 114 Å². The molecule has 0 fully saturated rings. The van der Waals surface area contributed by atoms with E-state index in [0.717, 1.165) is 18.3 Å². The van der Waals surface area contributed by atoms with Gasteiger partial charge < -0.3 is 25.5 Å². The fourth-order valence-corrected chi connectivity index (χ4v) is 3.22. The molecule has 1 aromatic carbocycles. The largest absolute Gasteiger partial charge is 0.445 e. The normalized spacial score (nSPS) is 14.7. The van der Waals surface area contributed by atoms with E-state index in [1.807, 2.05) is 58.0 Å². The molecule has 0 heterocycles. The fourth-order valence-electron chi connectivity index (χ4n) is 3.22. The molecule has 8 nitrogen and oxygen atoms in total. The molecule has 0 bridgehead atoms. The Kier molecular flexibility index (Phi) is 12.2. The summed E-state index contributed by atoms with van der Waals surface area (Å²) in [4.78, 5) is 49.6. The monoisotopic (exact) mass is 461 g/mol. The molecule has 0 spiro atoms. The standard InChI is InChI=1S/C25H39N3O5/c1-7-18(6)21(14-29)27-23(30)20(13-16(2)3)26-24(31)22(17(4)5)28-25(32)33-15-19-11-9-8-10-12-19/h8-12,14,16-18,20-22H,7,13,15H2,1-6H3,(H,26,31)(H,27,30)(H,28,32)/t18?,20-,21+,22-/m0/s1. The van der Waals surface area contributed by atoms with Crippen molar-refractivity contribution in [2.24, 2.45) is 17.8 Å². The van der Waals surface area contributed by atoms with E-state index in [4.69, 9.17) is 4.74 Å². The first-order valence-corrected chi connectivity index (χ1v) is 11.6. The molecule has 1 aromatic rings. The molecule has 1 rings (SSSR count). The Morgan fingerprint density at radius 3 is 2.09 bits per heavy atom. The van der Waals surface area contributed by atoms with E-state index in [9.17, 15) is 19.2 Å². The molecule has 0 aliphatic rings. The van der Waals surface area contributed by atoms with E-state index < -0.39 is 36.0 Å². The SMILES string of the molecule is CCC(C)[C@@H](C=O)NC(=O)[C@H](CC(C)C)NC(=O)[C@@H](NC(=O)OCc1ccccc1)C(C)C. The molecule has 8 heteroatoms. The van der Waals surface area contributed by atoms with E-state index >= 15 is 0 Å². The Morgan fingerprint density at radius 2 is 1.58 bits per heavy atom. The summed E-state index contributed by atoms with van der Waals surface area (Å²) in [6, 6.07) is 6.89. The molecule has 0 aromatic heterocycles. The number of alkyl carbamates (subject to hydrolysis) is 1. The van der Waals surface area contributed by atoms with Gasteiger partial charge >= 0.3 is 6.09 Å². The highest BCUT2D eigenvalue weighted by atomic mass is 16.5. The van der Waals surface area contributed by atoms with Crippen LogP contribution in [0.1, 0.15) is 59.9 Å². The minimum atomic E-state index is -0.882. The molecule has 4 atom stereocenters. The van der Waals surface area contributed by atoms with Gasteiger partial charge in [-0.05, 0) is 29.7 Å². The van der Waals surface area contributed by atoms with Crippen LogP contribution in [-0.4, -0.2) is 42.3 Å². The fraction of sp³-hybridized carbons (Fsp3) is 0.600. The van der Waals surface area contributed by atoms with Crippen molar-refractivity contribution in [1.29, 1.82) is 0 Å². The number of rotatable bonds is 13. The van der Waals surface area contributed by atoms with Crippen molar-refractivity contribution in [1.82, 2.24) is 16.0 Å². The highest BCUT2D eigenvalue weighted by Gasteiger charge is 2.31. The van der Waals surface area contributed by atoms with Crippen LogP contribution >= 0.6 is 0 Å². The van der Waals surface area contributed by atoms with Gasteiger partial charge in [0.1, 0.15) is 25.0 Å². The zero-order valence-corrected chi connectivity index (χ0v) is 20.6. The van der Waals surface area contributed by atoms with Crippen molar-refractivity contribution in [3.05, 3.63) is 35.9 Å². The van der Waals surface area contributed by atoms with Gasteiger partial charge in [0.2, 0.25) is 11.8 Å². The molecule has 0 radical (unpaired) electrons. The van der Waals surface area contributed by atoms with Gasteiger partial charge in [0.15, 0.2) is 0 Å². The van der Waals surface area contributed by atoms with Gasteiger partial charge in [0.05, 0.1) is 6.04 Å². The van der Waals surface area contributed by atoms with Gasteiger partial charge in [-0.1, -0.05) is 78.3 Å². The van der Waals surface area contributed by atoms with Gasteiger partial charge in [-0.2, -0.15) is 0 Å². The molecule has 3 N–H and O–H groups in total. The van der Waals surface area contributed by atoms with Crippen LogP contribution in [0.15, 0.2) is 30.3 Å². The van der Waals surface area contributed by atoms with Gasteiger partial charge in [0, 0.05) is 0 Å². The second-order valence-electron chi connectivity index (χ2n) is 9.17. The van der Waals surface area contributed by atoms with Gasteiger partial charge in [-0.25, -0.2) is 4.79 Å². The van der Waals surface area contributed by atoms with Crippen LogP contribution in [0.25, 0.3) is 0 Å². The Bertz CT molecular complexity index is 767. The van der Waals surface area contributed by atoms with Crippen LogP contribution in [0.2, 0.25) is 0 Å². The lowest BCUT2D eigenvalue weighted by atomic mass is 9.97. The van der Waals surface area contributed by atoms with Gasteiger partial charge in [0.25, 0.3) is 0 Å². The van der Waals surface area contributed by atoms with Crippen molar-refractivity contribution < 1.29 is 23.9 Å². The second kappa shape index (κ2) is 14.3. The first-order chi connectivity index (χ1) is 15.6. The van der Waals surface area contributed by atoms with E-state index in [1.165, 1.54) is 0 Å². The molecule has 0 saturated carbocycles. The third kappa shape index (κ3) is 10.1. The van der Waals surface area contributed by atoms with E-state index in [2.05, 4.69) is 16.0 Å². The first kappa shape index (κ1) is 28.1. The highest BCUT2D eigenvalue weighted by molar-refractivity contribution is 5.92. The van der Waals surface area contributed by atoms with Crippen molar-refractivity contribution in [3.8, 4) is 0 Å².